The second-order valence-electron chi connectivity index (χ2n) is 14.9. The number of rotatable bonds is 3. The number of anilines is 1. The Labute approximate surface area is 309 Å². The molecule has 2 amide bonds. The van der Waals surface area contributed by atoms with E-state index in [-0.39, 0.29) is 34.3 Å². The van der Waals surface area contributed by atoms with Crippen molar-refractivity contribution >= 4 is 44.7 Å². The quantitative estimate of drug-likeness (QED) is 0.238. The summed E-state index contributed by atoms with van der Waals surface area (Å²) >= 11 is 6.46. The molecule has 6 atom stereocenters. The Morgan fingerprint density at radius 1 is 1.15 bits per heavy atom. The molecule has 272 valence electrons. The number of amides is 2. The van der Waals surface area contributed by atoms with E-state index < -0.39 is 21.7 Å². The Hall–Kier alpha value is -4.26. The van der Waals surface area contributed by atoms with Crippen molar-refractivity contribution in [2.75, 3.05) is 37.5 Å². The molecule has 1 unspecified atom stereocenters. The number of carbonyl (C=O) groups excluding carboxylic acids is 2. The molecule has 4 heterocycles. The van der Waals surface area contributed by atoms with E-state index in [1.54, 1.807) is 25.3 Å². The summed E-state index contributed by atoms with van der Waals surface area (Å²) in [4.78, 5) is 34.1. The Morgan fingerprint density at radius 3 is 2.87 bits per heavy atom. The van der Waals surface area contributed by atoms with Crippen molar-refractivity contribution in [1.82, 2.24) is 19.3 Å². The Bertz CT molecular complexity index is 2200. The Morgan fingerprint density at radius 2 is 2.04 bits per heavy atom. The van der Waals surface area contributed by atoms with Gasteiger partial charge < -0.3 is 14.4 Å². The second kappa shape index (κ2) is 13.9. The van der Waals surface area contributed by atoms with Gasteiger partial charge >= 0.3 is 0 Å². The fourth-order valence-corrected chi connectivity index (χ4v) is 10.6. The molecule has 2 aliphatic carbocycles. The SMILES string of the molecule is CO[C@H]1/C=C/C[C@H](C)CS(=O)(NC(=O)c2ccc3ncnn3c2)=NC(=O)c2ccc3c(c2)N(C[C@@H]2CC[C@H]21)C[C@@]1(CCCc2cc(Cl)ccc21)CO3. The molecule has 11 nitrogen and oxygen atoms in total. The number of fused-ring (bicyclic) bond motifs is 5. The topological polar surface area (TPSA) is 127 Å². The summed E-state index contributed by atoms with van der Waals surface area (Å²) in [6.45, 7) is 3.92. The van der Waals surface area contributed by atoms with Crippen LogP contribution in [0.1, 0.15) is 70.9 Å². The molecule has 52 heavy (non-hydrogen) atoms. The molecule has 1 N–H and O–H groups in total. The maximum atomic E-state index is 14.6. The number of nitrogens with zero attached hydrogens (tertiary/aromatic N) is 5. The van der Waals surface area contributed by atoms with Crippen molar-refractivity contribution in [3.8, 4) is 5.75 Å². The summed E-state index contributed by atoms with van der Waals surface area (Å²) in [5, 5.41) is 4.84. The number of aromatic nitrogens is 3. The van der Waals surface area contributed by atoms with E-state index in [9.17, 15) is 13.8 Å². The first-order valence-electron chi connectivity index (χ1n) is 18.0. The first-order chi connectivity index (χ1) is 25.1. The van der Waals surface area contributed by atoms with E-state index in [0.29, 0.717) is 42.8 Å². The smallest absolute Gasteiger partial charge is 0.286 e. The van der Waals surface area contributed by atoms with Crippen molar-refractivity contribution in [2.45, 2.75) is 57.0 Å². The van der Waals surface area contributed by atoms with Crippen LogP contribution in [-0.4, -0.2) is 69.3 Å². The van der Waals surface area contributed by atoms with Crippen LogP contribution in [0.5, 0.6) is 5.75 Å². The number of pyridine rings is 1. The number of benzene rings is 2. The lowest BCUT2D eigenvalue weighted by Gasteiger charge is -2.46. The number of carbonyl (C=O) groups is 2. The van der Waals surface area contributed by atoms with E-state index in [1.807, 2.05) is 25.1 Å². The van der Waals surface area contributed by atoms with Crippen LogP contribution in [0.15, 0.2) is 77.6 Å². The van der Waals surface area contributed by atoms with Gasteiger partial charge in [-0.1, -0.05) is 36.7 Å². The van der Waals surface area contributed by atoms with Crippen LogP contribution in [0, 0.1) is 17.8 Å². The van der Waals surface area contributed by atoms with E-state index >= 15 is 0 Å². The number of allylic oxidation sites excluding steroid dienone is 1. The summed E-state index contributed by atoms with van der Waals surface area (Å²) in [6, 6.07) is 14.8. The van der Waals surface area contributed by atoms with Gasteiger partial charge in [0, 0.05) is 42.4 Å². The van der Waals surface area contributed by atoms with Gasteiger partial charge in [-0.05, 0) is 110 Å². The molecule has 2 aromatic heterocycles. The van der Waals surface area contributed by atoms with E-state index in [2.05, 4.69) is 48.4 Å². The number of halogens is 1. The van der Waals surface area contributed by atoms with Crippen molar-refractivity contribution < 1.29 is 23.3 Å². The first kappa shape index (κ1) is 34.8. The third-order valence-corrected chi connectivity index (χ3v) is 13.5. The molecular formula is C39H43ClN6O5S. The fraction of sp³-hybridized carbons (Fsp3) is 0.436. The maximum Gasteiger partial charge on any atom is 0.286 e. The van der Waals surface area contributed by atoms with Gasteiger partial charge in [0.2, 0.25) is 0 Å². The molecule has 2 aromatic carbocycles. The maximum absolute atomic E-state index is 14.6. The summed E-state index contributed by atoms with van der Waals surface area (Å²) in [5.74, 6) is -0.0557. The van der Waals surface area contributed by atoms with Crippen molar-refractivity contribution in [3.63, 3.8) is 0 Å². The molecule has 2 bridgehead atoms. The molecule has 0 saturated heterocycles. The highest BCUT2D eigenvalue weighted by Gasteiger charge is 2.44. The number of ether oxygens (including phenoxy) is 2. The number of aryl methyl sites for hydroxylation is 1. The molecule has 8 rings (SSSR count). The highest BCUT2D eigenvalue weighted by Crippen LogP contribution is 2.47. The van der Waals surface area contributed by atoms with Crippen molar-refractivity contribution in [3.05, 3.63) is 100 Å². The fourth-order valence-electron chi connectivity index (χ4n) is 8.52. The van der Waals surface area contributed by atoms with Gasteiger partial charge in [0.05, 0.1) is 29.7 Å². The minimum absolute atomic E-state index is 0.0176. The molecule has 0 radical (unpaired) electrons. The normalized spacial score (nSPS) is 29.5. The standard InChI is InChI=1S/C39H43ClN6O5S/c1-25-5-3-7-34(50-2)31-12-8-28(31)19-45-22-39(16-4-6-26-17-30(40)11-13-32(26)39)23-51-35-14-9-27(18-33(35)45)37(47)43-52(49,21-25)44-38(48)29-10-15-36-41-24-42-46(36)20-29/h3,7,9-11,13-15,17-18,20,24-25,28,31,34H,4-6,8,12,16,19,21-23H2,1-2H3,(H,43,44,47,48,49)/b7-3+/t25-,28-,31+,34-,39-,52?/m0/s1. The summed E-state index contributed by atoms with van der Waals surface area (Å²) < 4.78 is 35.7. The summed E-state index contributed by atoms with van der Waals surface area (Å²) in [7, 11) is -1.81. The first-order valence-corrected chi connectivity index (χ1v) is 20.1. The van der Waals surface area contributed by atoms with Crippen molar-refractivity contribution in [1.29, 1.82) is 0 Å². The average Bonchev–Trinajstić information content (AvgIpc) is 3.53. The minimum Gasteiger partial charge on any atom is -0.490 e. The van der Waals surface area contributed by atoms with E-state index in [0.717, 1.165) is 49.4 Å². The van der Waals surface area contributed by atoms with Gasteiger partial charge in [0.15, 0.2) is 5.65 Å². The van der Waals surface area contributed by atoms with E-state index in [1.165, 1.54) is 28.2 Å². The third kappa shape index (κ3) is 6.72. The predicted molar refractivity (Wildman–Crippen MR) is 200 cm³/mol. The average molecular weight is 743 g/mol. The van der Waals surface area contributed by atoms with Crippen molar-refractivity contribution in [2.24, 2.45) is 22.1 Å². The molecule has 1 fully saturated rings. The van der Waals surface area contributed by atoms with Crippen LogP contribution in [0.3, 0.4) is 0 Å². The lowest BCUT2D eigenvalue weighted by molar-refractivity contribution is 0.0131. The Balaban J connectivity index is 1.19. The number of methoxy groups -OCH3 is 1. The monoisotopic (exact) mass is 742 g/mol. The van der Waals surface area contributed by atoms with Gasteiger partial charge in [-0.3, -0.25) is 14.3 Å². The van der Waals surface area contributed by atoms with Crippen LogP contribution in [0.2, 0.25) is 5.02 Å². The molecule has 1 spiro atoms. The summed E-state index contributed by atoms with van der Waals surface area (Å²) in [6.07, 6.45) is 12.7. The lowest BCUT2D eigenvalue weighted by atomic mass is 9.68. The van der Waals surface area contributed by atoms with Gasteiger partial charge in [0.1, 0.15) is 22.0 Å². The zero-order chi connectivity index (χ0) is 36.0. The molecule has 1 saturated carbocycles. The van der Waals surface area contributed by atoms with Crippen LogP contribution in [0.4, 0.5) is 5.69 Å². The number of nitrogens with one attached hydrogen (secondary N) is 1. The minimum atomic E-state index is -3.57. The van der Waals surface area contributed by atoms with Gasteiger partial charge in [-0.2, -0.15) is 5.10 Å². The Kier molecular flexibility index (Phi) is 9.33. The molecule has 4 aromatic rings. The molecule has 2 aliphatic heterocycles. The van der Waals surface area contributed by atoms with Crippen LogP contribution < -0.4 is 14.4 Å². The van der Waals surface area contributed by atoms with Crippen LogP contribution in [0.25, 0.3) is 5.65 Å². The molecular weight excluding hydrogens is 700 g/mol. The van der Waals surface area contributed by atoms with Gasteiger partial charge in [0.25, 0.3) is 11.8 Å². The van der Waals surface area contributed by atoms with Gasteiger partial charge in [-0.15, -0.1) is 4.36 Å². The predicted octanol–water partition coefficient (Wildman–Crippen LogP) is 6.45. The number of hydrogen-bond acceptors (Lipinski definition) is 8. The largest absolute Gasteiger partial charge is 0.490 e. The third-order valence-electron chi connectivity index (χ3n) is 11.3. The zero-order valence-electron chi connectivity index (χ0n) is 29.4. The molecule has 13 heteroatoms. The lowest BCUT2D eigenvalue weighted by Crippen LogP contribution is -2.49. The highest BCUT2D eigenvalue weighted by atomic mass is 35.5. The van der Waals surface area contributed by atoms with E-state index in [4.69, 9.17) is 21.1 Å². The number of hydrogen-bond donors (Lipinski definition) is 1. The van der Waals surface area contributed by atoms with Gasteiger partial charge in [-0.25, -0.2) is 13.7 Å². The highest BCUT2D eigenvalue weighted by molar-refractivity contribution is 7.92. The zero-order valence-corrected chi connectivity index (χ0v) is 30.9. The second-order valence-corrected chi connectivity index (χ2v) is 17.3. The van der Waals surface area contributed by atoms with Crippen LogP contribution >= 0.6 is 11.6 Å². The van der Waals surface area contributed by atoms with Crippen LogP contribution in [-0.2, 0) is 26.5 Å². The molecule has 4 aliphatic rings. The summed E-state index contributed by atoms with van der Waals surface area (Å²) in [5.41, 5.74) is 4.14.